The van der Waals surface area contributed by atoms with Gasteiger partial charge in [0, 0.05) is 30.7 Å². The van der Waals surface area contributed by atoms with Crippen molar-refractivity contribution in [1.29, 1.82) is 0 Å². The van der Waals surface area contributed by atoms with Gasteiger partial charge >= 0.3 is 0 Å². The van der Waals surface area contributed by atoms with Crippen LogP contribution in [0, 0.1) is 6.92 Å². The molecule has 2 rings (SSSR count). The van der Waals surface area contributed by atoms with Crippen molar-refractivity contribution in [3.8, 4) is 0 Å². The van der Waals surface area contributed by atoms with Gasteiger partial charge in [-0.25, -0.2) is 0 Å². The van der Waals surface area contributed by atoms with Crippen molar-refractivity contribution in [1.82, 2.24) is 5.32 Å². The van der Waals surface area contributed by atoms with Gasteiger partial charge in [0.05, 0.1) is 5.69 Å². The van der Waals surface area contributed by atoms with Crippen LogP contribution in [0.4, 0.5) is 5.69 Å². The van der Waals surface area contributed by atoms with Gasteiger partial charge in [-0.05, 0) is 34.5 Å². The lowest BCUT2D eigenvalue weighted by atomic mass is 10.1. The van der Waals surface area contributed by atoms with Crippen LogP contribution in [0.25, 0.3) is 0 Å². The van der Waals surface area contributed by atoms with E-state index in [1.54, 1.807) is 0 Å². The van der Waals surface area contributed by atoms with Gasteiger partial charge in [-0.15, -0.1) is 0 Å². The van der Waals surface area contributed by atoms with Gasteiger partial charge < -0.3 is 10.2 Å². The van der Waals surface area contributed by atoms with Crippen molar-refractivity contribution in [3.05, 3.63) is 28.2 Å². The van der Waals surface area contributed by atoms with E-state index in [1.807, 2.05) is 0 Å². The summed E-state index contributed by atoms with van der Waals surface area (Å²) in [5.41, 5.74) is 2.70. The van der Waals surface area contributed by atoms with Crippen LogP contribution in [0.15, 0.2) is 22.7 Å². The molecule has 1 aromatic rings. The van der Waals surface area contributed by atoms with Gasteiger partial charge in [0.25, 0.3) is 0 Å². The zero-order valence-corrected chi connectivity index (χ0v) is 9.97. The fourth-order valence-electron chi connectivity index (χ4n) is 1.91. The molecule has 76 valence electrons. The minimum atomic E-state index is 1.08. The molecule has 0 spiro atoms. The van der Waals surface area contributed by atoms with Gasteiger partial charge in [-0.2, -0.15) is 0 Å². The molecule has 0 aromatic heterocycles. The Morgan fingerprint density at radius 3 is 2.64 bits per heavy atom. The van der Waals surface area contributed by atoms with Crippen LogP contribution in [0.5, 0.6) is 0 Å². The fraction of sp³-hybridized carbons (Fsp3) is 0.455. The molecule has 0 bridgehead atoms. The summed E-state index contributed by atoms with van der Waals surface area (Å²) in [4.78, 5) is 2.44. The first kappa shape index (κ1) is 9.99. The van der Waals surface area contributed by atoms with Crippen molar-refractivity contribution in [2.45, 2.75) is 6.92 Å². The molecular formula is C11H15BrN2. The summed E-state index contributed by atoms with van der Waals surface area (Å²) in [5, 5.41) is 3.37. The number of halogens is 1. The SMILES string of the molecule is Cc1cccc(Br)c1N1CCNCC1. The lowest BCUT2D eigenvalue weighted by Gasteiger charge is -2.31. The fourth-order valence-corrected chi connectivity index (χ4v) is 2.63. The number of benzene rings is 1. The molecule has 1 aromatic carbocycles. The average Bonchev–Trinajstić information content (AvgIpc) is 2.19. The minimum absolute atomic E-state index is 1.08. The molecule has 1 heterocycles. The lowest BCUT2D eigenvalue weighted by Crippen LogP contribution is -2.43. The van der Waals surface area contributed by atoms with Crippen LogP contribution in [0.1, 0.15) is 5.56 Å². The van der Waals surface area contributed by atoms with E-state index in [9.17, 15) is 0 Å². The monoisotopic (exact) mass is 254 g/mol. The Bertz CT molecular complexity index is 299. The Balaban J connectivity index is 2.29. The Hall–Kier alpha value is -0.540. The van der Waals surface area contributed by atoms with E-state index >= 15 is 0 Å². The molecule has 1 fully saturated rings. The Kier molecular flexibility index (Phi) is 3.08. The van der Waals surface area contributed by atoms with E-state index < -0.39 is 0 Å². The number of hydrogen-bond acceptors (Lipinski definition) is 2. The largest absolute Gasteiger partial charge is 0.368 e. The van der Waals surface area contributed by atoms with Crippen LogP contribution in [0.2, 0.25) is 0 Å². The lowest BCUT2D eigenvalue weighted by molar-refractivity contribution is 0.588. The third kappa shape index (κ3) is 1.93. The molecule has 0 amide bonds. The maximum Gasteiger partial charge on any atom is 0.0541 e. The number of rotatable bonds is 1. The van der Waals surface area contributed by atoms with E-state index in [1.165, 1.54) is 15.7 Å². The number of piperazine rings is 1. The molecule has 14 heavy (non-hydrogen) atoms. The molecule has 0 unspecified atom stereocenters. The number of nitrogens with one attached hydrogen (secondary N) is 1. The maximum absolute atomic E-state index is 3.62. The average molecular weight is 255 g/mol. The second-order valence-electron chi connectivity index (χ2n) is 3.64. The molecule has 1 saturated heterocycles. The van der Waals surface area contributed by atoms with E-state index in [2.05, 4.69) is 51.3 Å². The van der Waals surface area contributed by atoms with Gasteiger partial charge in [-0.3, -0.25) is 0 Å². The van der Waals surface area contributed by atoms with Crippen molar-refractivity contribution < 1.29 is 0 Å². The number of aryl methyl sites for hydroxylation is 1. The first-order valence-corrected chi connectivity index (χ1v) is 5.79. The van der Waals surface area contributed by atoms with Crippen LogP contribution >= 0.6 is 15.9 Å². The predicted molar refractivity (Wildman–Crippen MR) is 64.0 cm³/mol. The van der Waals surface area contributed by atoms with E-state index in [0.717, 1.165) is 26.2 Å². The molecule has 1 N–H and O–H groups in total. The molecule has 0 saturated carbocycles. The summed E-state index contributed by atoms with van der Waals surface area (Å²) in [5.74, 6) is 0. The molecule has 0 radical (unpaired) electrons. The first-order chi connectivity index (χ1) is 6.79. The zero-order chi connectivity index (χ0) is 9.97. The molecule has 1 aliphatic heterocycles. The van der Waals surface area contributed by atoms with Crippen molar-refractivity contribution in [3.63, 3.8) is 0 Å². The van der Waals surface area contributed by atoms with Gasteiger partial charge in [-0.1, -0.05) is 12.1 Å². The quantitative estimate of drug-likeness (QED) is 0.827. The second-order valence-corrected chi connectivity index (χ2v) is 4.50. The van der Waals surface area contributed by atoms with Crippen molar-refractivity contribution in [2.75, 3.05) is 31.1 Å². The molecule has 0 aliphatic carbocycles. The molecule has 1 aliphatic rings. The third-order valence-corrected chi connectivity index (χ3v) is 3.26. The zero-order valence-electron chi connectivity index (χ0n) is 8.39. The minimum Gasteiger partial charge on any atom is -0.368 e. The van der Waals surface area contributed by atoms with Gasteiger partial charge in [0.2, 0.25) is 0 Å². The first-order valence-electron chi connectivity index (χ1n) is 5.00. The summed E-state index contributed by atoms with van der Waals surface area (Å²) < 4.78 is 1.21. The summed E-state index contributed by atoms with van der Waals surface area (Å²) >= 11 is 3.62. The molecule has 2 nitrogen and oxygen atoms in total. The Morgan fingerprint density at radius 2 is 2.00 bits per heavy atom. The number of anilines is 1. The Labute approximate surface area is 93.4 Å². The number of hydrogen-bond donors (Lipinski definition) is 1. The highest BCUT2D eigenvalue weighted by atomic mass is 79.9. The second kappa shape index (κ2) is 4.32. The highest BCUT2D eigenvalue weighted by Gasteiger charge is 2.14. The van der Waals surface area contributed by atoms with Crippen LogP contribution < -0.4 is 10.2 Å². The normalized spacial score (nSPS) is 17.1. The van der Waals surface area contributed by atoms with E-state index in [4.69, 9.17) is 0 Å². The van der Waals surface area contributed by atoms with Crippen LogP contribution in [-0.4, -0.2) is 26.2 Å². The van der Waals surface area contributed by atoms with Crippen molar-refractivity contribution in [2.24, 2.45) is 0 Å². The predicted octanol–water partition coefficient (Wildman–Crippen LogP) is 2.17. The van der Waals surface area contributed by atoms with Crippen molar-refractivity contribution >= 4 is 21.6 Å². The summed E-state index contributed by atoms with van der Waals surface area (Å²) in [6.07, 6.45) is 0. The summed E-state index contributed by atoms with van der Waals surface area (Å²) in [6, 6.07) is 6.37. The molecular weight excluding hydrogens is 240 g/mol. The maximum atomic E-state index is 3.62. The highest BCUT2D eigenvalue weighted by molar-refractivity contribution is 9.10. The number of para-hydroxylation sites is 1. The highest BCUT2D eigenvalue weighted by Crippen LogP contribution is 2.29. The molecule has 0 atom stereocenters. The summed E-state index contributed by atoms with van der Waals surface area (Å²) in [6.45, 7) is 6.54. The molecule has 3 heteroatoms. The summed E-state index contributed by atoms with van der Waals surface area (Å²) in [7, 11) is 0. The van der Waals surface area contributed by atoms with Crippen LogP contribution in [-0.2, 0) is 0 Å². The van der Waals surface area contributed by atoms with Gasteiger partial charge in [0.15, 0.2) is 0 Å². The third-order valence-electron chi connectivity index (χ3n) is 2.62. The van der Waals surface area contributed by atoms with Crippen LogP contribution in [0.3, 0.4) is 0 Å². The standard InChI is InChI=1S/C11H15BrN2/c1-9-3-2-4-10(12)11(9)14-7-5-13-6-8-14/h2-4,13H,5-8H2,1H3. The topological polar surface area (TPSA) is 15.3 Å². The van der Waals surface area contributed by atoms with Gasteiger partial charge in [0.1, 0.15) is 0 Å². The van der Waals surface area contributed by atoms with E-state index in [-0.39, 0.29) is 0 Å². The smallest absolute Gasteiger partial charge is 0.0541 e. The number of nitrogens with zero attached hydrogens (tertiary/aromatic N) is 1. The Morgan fingerprint density at radius 1 is 1.29 bits per heavy atom. The van der Waals surface area contributed by atoms with E-state index in [0.29, 0.717) is 0 Å².